The molecule has 256 valence electrons. The van der Waals surface area contributed by atoms with Crippen molar-refractivity contribution in [2.75, 3.05) is 19.8 Å². The van der Waals surface area contributed by atoms with Gasteiger partial charge in [-0.1, -0.05) is 0 Å². The van der Waals surface area contributed by atoms with Crippen LogP contribution in [0, 0.1) is 0 Å². The summed E-state index contributed by atoms with van der Waals surface area (Å²) in [6, 6.07) is -1.51. The van der Waals surface area contributed by atoms with Crippen LogP contribution in [-0.4, -0.2) is 191 Å². The monoisotopic (exact) mass is 647 g/mol. The number of hydrogen-bond donors (Lipinski definition) is 13. The van der Waals surface area contributed by atoms with E-state index in [-0.39, 0.29) is 0 Å². The van der Waals surface area contributed by atoms with Crippen molar-refractivity contribution in [3.8, 4) is 0 Å². The summed E-state index contributed by atoms with van der Waals surface area (Å²) in [6.45, 7) is -1.40. The molecule has 1 amide bonds. The van der Waals surface area contributed by atoms with E-state index >= 15 is 0 Å². The quantitative estimate of drug-likeness (QED) is 0.0935. The third-order valence-corrected chi connectivity index (χ3v) is 7.70. The zero-order valence-corrected chi connectivity index (χ0v) is 23.4. The number of carboxylic acid groups (broad SMARTS) is 1. The molecule has 3 fully saturated rings. The van der Waals surface area contributed by atoms with Crippen LogP contribution >= 0.6 is 0 Å². The van der Waals surface area contributed by atoms with Gasteiger partial charge >= 0.3 is 5.97 Å². The normalized spacial score (nSPS) is 44.5. The molecule has 44 heavy (non-hydrogen) atoms. The smallest absolute Gasteiger partial charge is 0.364 e. The van der Waals surface area contributed by atoms with Gasteiger partial charge in [-0.25, -0.2) is 4.79 Å². The van der Waals surface area contributed by atoms with Crippen molar-refractivity contribution < 1.29 is 94.6 Å². The first-order chi connectivity index (χ1) is 20.6. The Morgan fingerprint density at radius 1 is 0.909 bits per heavy atom. The lowest BCUT2D eigenvalue weighted by Crippen LogP contribution is -2.70. The highest BCUT2D eigenvalue weighted by Crippen LogP contribution is 2.38. The lowest BCUT2D eigenvalue weighted by Gasteiger charge is -2.50. The fraction of sp³-hybridized carbons (Fsp3) is 0.917. The van der Waals surface area contributed by atoms with Gasteiger partial charge in [0, 0.05) is 20.0 Å². The molecule has 3 rings (SSSR count). The number of ether oxygens (including phenoxy) is 5. The molecular weight excluding hydrogens is 606 g/mol. The number of carbonyl (C=O) groups excluding carboxylic acids is 1. The molecule has 3 unspecified atom stereocenters. The van der Waals surface area contributed by atoms with E-state index in [0.717, 1.165) is 6.92 Å². The number of amides is 1. The van der Waals surface area contributed by atoms with E-state index in [2.05, 4.69) is 5.32 Å². The minimum Gasteiger partial charge on any atom is -0.477 e. The van der Waals surface area contributed by atoms with Crippen molar-refractivity contribution in [1.29, 1.82) is 0 Å². The average molecular weight is 648 g/mol. The maximum absolute atomic E-state index is 12.6. The zero-order chi connectivity index (χ0) is 33.1. The van der Waals surface area contributed by atoms with E-state index in [1.54, 1.807) is 0 Å². The van der Waals surface area contributed by atoms with Crippen molar-refractivity contribution in [2.45, 2.75) is 117 Å². The first kappa shape index (κ1) is 36.8. The summed E-state index contributed by atoms with van der Waals surface area (Å²) in [7, 11) is 0. The minimum atomic E-state index is -3.01. The molecule has 13 N–H and O–H groups in total. The van der Waals surface area contributed by atoms with Gasteiger partial charge in [0.05, 0.1) is 31.5 Å². The summed E-state index contributed by atoms with van der Waals surface area (Å²) in [6.07, 6.45) is -27.8. The highest BCUT2D eigenvalue weighted by molar-refractivity contribution is 5.76. The van der Waals surface area contributed by atoms with Crippen molar-refractivity contribution >= 4 is 11.9 Å². The zero-order valence-electron chi connectivity index (χ0n) is 23.4. The largest absolute Gasteiger partial charge is 0.477 e. The SMILES string of the molecule is CC(=O)N[C@@H]1[C@@H](O)C[C@](O[C@H]2[C@@H](O)[C@@H](CO)O[C@@H](O[C@H]3[C@H](O)[C@H](O)C(O)O[C@@H]3CO)[C@@H]2O)(C(=O)O)O[C@H]1C(O)C(O)CCO. The number of rotatable bonds is 12. The van der Waals surface area contributed by atoms with Crippen LogP contribution in [0.4, 0.5) is 0 Å². The second kappa shape index (κ2) is 15.3. The van der Waals surface area contributed by atoms with Gasteiger partial charge < -0.3 is 90.3 Å². The van der Waals surface area contributed by atoms with Gasteiger partial charge in [0.2, 0.25) is 5.91 Å². The molecular formula is C24H41NO19. The number of carbonyl (C=O) groups is 2. The maximum atomic E-state index is 12.6. The van der Waals surface area contributed by atoms with Crippen LogP contribution in [0.25, 0.3) is 0 Å². The van der Waals surface area contributed by atoms with Gasteiger partial charge in [-0.2, -0.15) is 0 Å². The first-order valence-corrected chi connectivity index (χ1v) is 13.7. The summed E-state index contributed by atoms with van der Waals surface area (Å²) in [5, 5.41) is 125. The highest BCUT2D eigenvalue weighted by Gasteiger charge is 2.60. The van der Waals surface area contributed by atoms with Crippen LogP contribution in [0.1, 0.15) is 19.8 Å². The van der Waals surface area contributed by atoms with E-state index in [9.17, 15) is 65.8 Å². The molecule has 3 aliphatic heterocycles. The number of aliphatic carboxylic acids is 1. The molecule has 20 nitrogen and oxygen atoms in total. The molecule has 0 aromatic rings. The summed E-state index contributed by atoms with van der Waals surface area (Å²) in [5.41, 5.74) is 0. The van der Waals surface area contributed by atoms with Gasteiger partial charge in [0.1, 0.15) is 61.0 Å². The van der Waals surface area contributed by atoms with Crippen LogP contribution in [0.2, 0.25) is 0 Å². The van der Waals surface area contributed by atoms with Crippen molar-refractivity contribution in [3.63, 3.8) is 0 Å². The molecule has 0 radical (unpaired) electrons. The molecule has 0 saturated carbocycles. The standard InChI is InChI=1S/C24H41NO19/c1-7(29)25-12-9(31)4-24(23(38)39,43-19(12)13(32)8(30)2-3-26)44-20-14(33)10(5-27)41-22(17(20)36)42-18-11(6-28)40-21(37)16(35)15(18)34/h8-22,26-28,30-37H,2-6H2,1H3,(H,25,29)(H,38,39)/t8?,9-,10+,11+,12+,13?,14-,15+,16-,17+,18+,19+,20-,21?,22-,24-/m0/s1. The van der Waals surface area contributed by atoms with Crippen LogP contribution in [0.3, 0.4) is 0 Å². The van der Waals surface area contributed by atoms with E-state index < -0.39 is 142 Å². The van der Waals surface area contributed by atoms with Crippen LogP contribution in [-0.2, 0) is 33.3 Å². The molecule has 0 aromatic heterocycles. The number of hydrogen-bond acceptors (Lipinski definition) is 18. The molecule has 0 spiro atoms. The topological polar surface area (TPSA) is 335 Å². The second-order valence-electron chi connectivity index (χ2n) is 10.8. The first-order valence-electron chi connectivity index (χ1n) is 13.7. The van der Waals surface area contributed by atoms with Crippen LogP contribution in [0.5, 0.6) is 0 Å². The Balaban J connectivity index is 1.95. The van der Waals surface area contributed by atoms with E-state index in [0.29, 0.717) is 0 Å². The van der Waals surface area contributed by atoms with Gasteiger partial charge in [0.15, 0.2) is 12.6 Å². The Morgan fingerprint density at radius 2 is 1.55 bits per heavy atom. The lowest BCUT2D eigenvalue weighted by molar-refractivity contribution is -0.385. The summed E-state index contributed by atoms with van der Waals surface area (Å²) < 4.78 is 27.0. The Morgan fingerprint density at radius 3 is 2.09 bits per heavy atom. The van der Waals surface area contributed by atoms with Crippen molar-refractivity contribution in [3.05, 3.63) is 0 Å². The highest BCUT2D eigenvalue weighted by atomic mass is 16.8. The molecule has 3 aliphatic rings. The minimum absolute atomic E-state index is 0.420. The maximum Gasteiger partial charge on any atom is 0.364 e. The Labute approximate surface area is 249 Å². The van der Waals surface area contributed by atoms with Gasteiger partial charge in [-0.15, -0.1) is 0 Å². The lowest BCUT2D eigenvalue weighted by atomic mass is 9.87. The summed E-state index contributed by atoms with van der Waals surface area (Å²) in [4.78, 5) is 24.4. The third kappa shape index (κ3) is 7.63. The van der Waals surface area contributed by atoms with Gasteiger partial charge in [-0.05, 0) is 6.42 Å². The number of aliphatic hydroxyl groups excluding tert-OH is 11. The molecule has 3 saturated heterocycles. The third-order valence-electron chi connectivity index (χ3n) is 7.70. The Bertz CT molecular complexity index is 958. The fourth-order valence-electron chi connectivity index (χ4n) is 5.36. The molecule has 0 aromatic carbocycles. The van der Waals surface area contributed by atoms with E-state index in [1.165, 1.54) is 0 Å². The molecule has 0 aliphatic carbocycles. The predicted octanol–water partition coefficient (Wildman–Crippen LogP) is -7.83. The fourth-order valence-corrected chi connectivity index (χ4v) is 5.36. The van der Waals surface area contributed by atoms with Crippen LogP contribution < -0.4 is 5.32 Å². The number of aliphatic hydroxyl groups is 11. The summed E-state index contributed by atoms with van der Waals surface area (Å²) in [5.74, 6) is -5.69. The molecule has 0 bridgehead atoms. The van der Waals surface area contributed by atoms with Crippen molar-refractivity contribution in [2.24, 2.45) is 0 Å². The number of nitrogens with one attached hydrogen (secondary N) is 1. The molecule has 3 heterocycles. The predicted molar refractivity (Wildman–Crippen MR) is 135 cm³/mol. The summed E-state index contributed by atoms with van der Waals surface area (Å²) >= 11 is 0. The van der Waals surface area contributed by atoms with Gasteiger partial charge in [0.25, 0.3) is 5.79 Å². The second-order valence-corrected chi connectivity index (χ2v) is 10.8. The Kier molecular flexibility index (Phi) is 12.8. The van der Waals surface area contributed by atoms with Crippen molar-refractivity contribution in [1.82, 2.24) is 5.32 Å². The van der Waals surface area contributed by atoms with E-state index in [4.69, 9.17) is 28.8 Å². The van der Waals surface area contributed by atoms with E-state index in [1.807, 2.05) is 0 Å². The number of carboxylic acids is 1. The van der Waals surface area contributed by atoms with Crippen LogP contribution in [0.15, 0.2) is 0 Å². The molecule has 16 atom stereocenters. The molecule has 20 heteroatoms. The Hall–Kier alpha value is -1.70. The average Bonchev–Trinajstić information content (AvgIpc) is 2.97. The van der Waals surface area contributed by atoms with Gasteiger partial charge in [-0.3, -0.25) is 4.79 Å².